The molecule has 0 spiro atoms. The molecule has 0 N–H and O–H groups in total. The van der Waals surface area contributed by atoms with Crippen LogP contribution in [0.1, 0.15) is 0 Å². The Hall–Kier alpha value is -3.26. The minimum atomic E-state index is 0.889. The summed E-state index contributed by atoms with van der Waals surface area (Å²) >= 11 is 0. The Morgan fingerprint density at radius 3 is 1.64 bits per heavy atom. The minimum Gasteiger partial charge on any atom is -0.496 e. The zero-order valence-electron chi connectivity index (χ0n) is 14.1. The Balaban J connectivity index is 1.99. The average Bonchev–Trinajstić information content (AvgIpc) is 2.70. The van der Waals surface area contributed by atoms with Crippen LogP contribution in [0.4, 0.5) is 17.1 Å². The highest BCUT2D eigenvalue weighted by atomic mass is 16.5. The first-order chi connectivity index (χ1) is 12.4. The molecule has 4 aromatic rings. The summed E-state index contributed by atoms with van der Waals surface area (Å²) in [7, 11) is 1.72. The minimum absolute atomic E-state index is 0.889. The summed E-state index contributed by atoms with van der Waals surface area (Å²) in [6.45, 7) is 0. The van der Waals surface area contributed by atoms with E-state index < -0.39 is 0 Å². The third-order valence-corrected chi connectivity index (χ3v) is 4.35. The van der Waals surface area contributed by atoms with Crippen molar-refractivity contribution in [3.05, 3.63) is 97.1 Å². The van der Waals surface area contributed by atoms with E-state index in [4.69, 9.17) is 4.74 Å². The molecule has 0 aliphatic heterocycles. The SMILES string of the molecule is COc1ccc(N(c2ccccc2)c2ccccc2)c2ccccc12. The van der Waals surface area contributed by atoms with Gasteiger partial charge in [0, 0.05) is 22.1 Å². The Bertz CT molecular complexity index is 941. The molecule has 4 aromatic carbocycles. The van der Waals surface area contributed by atoms with Crippen LogP contribution in [0.3, 0.4) is 0 Å². The van der Waals surface area contributed by atoms with E-state index in [0.29, 0.717) is 0 Å². The maximum Gasteiger partial charge on any atom is 0.126 e. The second-order valence-electron chi connectivity index (χ2n) is 5.84. The fourth-order valence-corrected chi connectivity index (χ4v) is 3.21. The van der Waals surface area contributed by atoms with Crippen molar-refractivity contribution in [1.29, 1.82) is 0 Å². The first-order valence-electron chi connectivity index (χ1n) is 8.34. The highest BCUT2D eigenvalue weighted by Gasteiger charge is 2.16. The predicted octanol–water partition coefficient (Wildman–Crippen LogP) is 6.32. The van der Waals surface area contributed by atoms with E-state index in [1.54, 1.807) is 7.11 Å². The van der Waals surface area contributed by atoms with E-state index in [1.165, 1.54) is 0 Å². The zero-order chi connectivity index (χ0) is 17.1. The summed E-state index contributed by atoms with van der Waals surface area (Å²) in [4.78, 5) is 2.28. The Kier molecular flexibility index (Phi) is 4.09. The van der Waals surface area contributed by atoms with Crippen molar-refractivity contribution in [1.82, 2.24) is 0 Å². The second-order valence-corrected chi connectivity index (χ2v) is 5.84. The van der Waals surface area contributed by atoms with Gasteiger partial charge in [0.25, 0.3) is 0 Å². The van der Waals surface area contributed by atoms with Crippen LogP contribution < -0.4 is 9.64 Å². The van der Waals surface area contributed by atoms with Crippen molar-refractivity contribution in [2.45, 2.75) is 0 Å². The van der Waals surface area contributed by atoms with Gasteiger partial charge in [0.1, 0.15) is 5.75 Å². The number of hydrogen-bond acceptors (Lipinski definition) is 2. The second kappa shape index (κ2) is 6.70. The number of benzene rings is 4. The number of hydrogen-bond donors (Lipinski definition) is 0. The average molecular weight is 325 g/mol. The van der Waals surface area contributed by atoms with E-state index >= 15 is 0 Å². The molecule has 0 heterocycles. The summed E-state index contributed by atoms with van der Waals surface area (Å²) < 4.78 is 5.56. The quantitative estimate of drug-likeness (QED) is 0.435. The zero-order valence-corrected chi connectivity index (χ0v) is 14.1. The van der Waals surface area contributed by atoms with Gasteiger partial charge in [-0.1, -0.05) is 60.7 Å². The van der Waals surface area contributed by atoms with Gasteiger partial charge in [-0.2, -0.15) is 0 Å². The van der Waals surface area contributed by atoms with Gasteiger partial charge in [0.2, 0.25) is 0 Å². The van der Waals surface area contributed by atoms with Gasteiger partial charge in [0.05, 0.1) is 12.8 Å². The summed E-state index contributed by atoms with van der Waals surface area (Å²) in [5.74, 6) is 0.889. The highest BCUT2D eigenvalue weighted by molar-refractivity contribution is 6.01. The summed E-state index contributed by atoms with van der Waals surface area (Å²) in [5.41, 5.74) is 3.39. The van der Waals surface area contributed by atoms with Crippen molar-refractivity contribution in [2.75, 3.05) is 12.0 Å². The Morgan fingerprint density at radius 2 is 1.08 bits per heavy atom. The molecule has 0 unspecified atom stereocenters. The number of anilines is 3. The van der Waals surface area contributed by atoms with Gasteiger partial charge in [-0.25, -0.2) is 0 Å². The van der Waals surface area contributed by atoms with Gasteiger partial charge in [-0.3, -0.25) is 0 Å². The van der Waals surface area contributed by atoms with E-state index in [-0.39, 0.29) is 0 Å². The molecular weight excluding hydrogens is 306 g/mol. The summed E-state index contributed by atoms with van der Waals surface area (Å²) in [6.07, 6.45) is 0. The Morgan fingerprint density at radius 1 is 0.560 bits per heavy atom. The lowest BCUT2D eigenvalue weighted by atomic mass is 10.1. The van der Waals surface area contributed by atoms with Crippen LogP contribution in [0.2, 0.25) is 0 Å². The lowest BCUT2D eigenvalue weighted by Crippen LogP contribution is -2.10. The van der Waals surface area contributed by atoms with Gasteiger partial charge in [-0.15, -0.1) is 0 Å². The van der Waals surface area contributed by atoms with Crippen LogP contribution in [0.5, 0.6) is 5.75 Å². The van der Waals surface area contributed by atoms with Gasteiger partial charge >= 0.3 is 0 Å². The number of para-hydroxylation sites is 2. The van der Waals surface area contributed by atoms with Crippen LogP contribution >= 0.6 is 0 Å². The maximum atomic E-state index is 5.56. The van der Waals surface area contributed by atoms with Crippen LogP contribution in [0.25, 0.3) is 10.8 Å². The van der Waals surface area contributed by atoms with Crippen molar-refractivity contribution in [2.24, 2.45) is 0 Å². The van der Waals surface area contributed by atoms with Gasteiger partial charge in [-0.05, 0) is 36.4 Å². The molecule has 0 aliphatic carbocycles. The number of nitrogens with zero attached hydrogens (tertiary/aromatic N) is 1. The molecule has 0 amide bonds. The lowest BCUT2D eigenvalue weighted by molar-refractivity contribution is 0.420. The normalized spacial score (nSPS) is 10.6. The number of rotatable bonds is 4. The molecule has 25 heavy (non-hydrogen) atoms. The molecule has 122 valence electrons. The first-order valence-corrected chi connectivity index (χ1v) is 8.34. The molecule has 0 radical (unpaired) electrons. The van der Waals surface area contributed by atoms with Gasteiger partial charge < -0.3 is 9.64 Å². The van der Waals surface area contributed by atoms with Crippen molar-refractivity contribution in [3.63, 3.8) is 0 Å². The molecule has 0 aliphatic rings. The highest BCUT2D eigenvalue weighted by Crippen LogP contribution is 2.40. The fourth-order valence-electron chi connectivity index (χ4n) is 3.21. The van der Waals surface area contributed by atoms with Crippen molar-refractivity contribution < 1.29 is 4.74 Å². The number of methoxy groups -OCH3 is 1. The molecule has 0 atom stereocenters. The molecule has 0 bridgehead atoms. The van der Waals surface area contributed by atoms with Crippen molar-refractivity contribution >= 4 is 27.8 Å². The smallest absolute Gasteiger partial charge is 0.126 e. The molecule has 4 rings (SSSR count). The molecule has 0 fully saturated rings. The summed E-state index contributed by atoms with van der Waals surface area (Å²) in [5, 5.41) is 2.27. The molecular formula is C23H19NO. The van der Waals surface area contributed by atoms with E-state index in [2.05, 4.69) is 77.7 Å². The monoisotopic (exact) mass is 325 g/mol. The number of ether oxygens (including phenoxy) is 1. The maximum absolute atomic E-state index is 5.56. The third-order valence-electron chi connectivity index (χ3n) is 4.35. The third kappa shape index (κ3) is 2.83. The van der Waals surface area contributed by atoms with Gasteiger partial charge in [0.15, 0.2) is 0 Å². The van der Waals surface area contributed by atoms with Crippen LogP contribution in [-0.2, 0) is 0 Å². The largest absolute Gasteiger partial charge is 0.496 e. The van der Waals surface area contributed by atoms with E-state index in [0.717, 1.165) is 33.6 Å². The van der Waals surface area contributed by atoms with Crippen LogP contribution in [0, 0.1) is 0 Å². The first kappa shape index (κ1) is 15.3. The standard InChI is InChI=1S/C23H19NO/c1-25-23-17-16-22(20-14-8-9-15-21(20)23)24(18-10-4-2-5-11-18)19-12-6-3-7-13-19/h2-17H,1H3. The van der Waals surface area contributed by atoms with Crippen LogP contribution in [-0.4, -0.2) is 7.11 Å². The topological polar surface area (TPSA) is 12.5 Å². The molecule has 0 saturated carbocycles. The van der Waals surface area contributed by atoms with Crippen molar-refractivity contribution in [3.8, 4) is 5.75 Å². The van der Waals surface area contributed by atoms with E-state index in [1.807, 2.05) is 24.3 Å². The fraction of sp³-hybridized carbons (Fsp3) is 0.0435. The Labute approximate surface area is 147 Å². The number of fused-ring (bicyclic) bond motifs is 1. The van der Waals surface area contributed by atoms with Crippen LogP contribution in [0.15, 0.2) is 97.1 Å². The predicted molar refractivity (Wildman–Crippen MR) is 105 cm³/mol. The molecule has 2 nitrogen and oxygen atoms in total. The lowest BCUT2D eigenvalue weighted by Gasteiger charge is -2.27. The molecule has 0 aromatic heterocycles. The van der Waals surface area contributed by atoms with E-state index in [9.17, 15) is 0 Å². The summed E-state index contributed by atoms with van der Waals surface area (Å²) in [6, 6.07) is 33.4. The molecule has 0 saturated heterocycles. The molecule has 2 heteroatoms.